The smallest absolute Gasteiger partial charge is 0.411 e. The fourth-order valence-electron chi connectivity index (χ4n) is 7.32. The number of nitrogens with two attached hydrogens (primary N) is 1. The molecule has 65 heavy (non-hydrogen) atoms. The lowest BCUT2D eigenvalue weighted by Gasteiger charge is -2.27. The molecule has 4 aromatic carbocycles. The molecule has 0 bridgehead atoms. The first-order valence-corrected chi connectivity index (χ1v) is 22.9. The highest BCUT2D eigenvalue weighted by Crippen LogP contribution is 2.46. The van der Waals surface area contributed by atoms with Gasteiger partial charge in [-0.3, -0.25) is 19.7 Å². The zero-order valence-electron chi connectivity index (χ0n) is 37.5. The second-order valence-corrected chi connectivity index (χ2v) is 18.0. The average molecular weight is 1000 g/mol. The largest absolute Gasteiger partial charge is 0.497 e. The van der Waals surface area contributed by atoms with Crippen molar-refractivity contribution >= 4 is 92.4 Å². The van der Waals surface area contributed by atoms with Crippen molar-refractivity contribution < 1.29 is 43.0 Å². The van der Waals surface area contributed by atoms with Crippen LogP contribution < -0.4 is 42.0 Å². The van der Waals surface area contributed by atoms with Crippen LogP contribution in [0, 0.1) is 5.92 Å². The molecule has 0 aromatic heterocycles. The minimum absolute atomic E-state index is 0.0891. The number of primary amides is 1. The molecule has 1 heterocycles. The van der Waals surface area contributed by atoms with E-state index in [0.29, 0.717) is 29.9 Å². The summed E-state index contributed by atoms with van der Waals surface area (Å²) in [6.45, 7) is 9.21. The fourth-order valence-corrected chi connectivity index (χ4v) is 8.08. The number of nitrogens with one attached hydrogen (secondary N) is 5. The van der Waals surface area contributed by atoms with E-state index in [0.717, 1.165) is 44.2 Å². The first kappa shape index (κ1) is 49.6. The van der Waals surface area contributed by atoms with E-state index in [9.17, 15) is 28.8 Å². The van der Waals surface area contributed by atoms with E-state index >= 15 is 0 Å². The number of rotatable bonds is 18. The van der Waals surface area contributed by atoms with Gasteiger partial charge in [0.25, 0.3) is 5.91 Å². The number of methoxy groups -OCH3 is 1. The summed E-state index contributed by atoms with van der Waals surface area (Å²) >= 11 is 2.36. The Hall–Kier alpha value is -6.37. The van der Waals surface area contributed by atoms with Crippen molar-refractivity contribution in [2.45, 2.75) is 84.1 Å². The van der Waals surface area contributed by atoms with Crippen LogP contribution in [0.1, 0.15) is 76.5 Å². The third-order valence-electron chi connectivity index (χ3n) is 10.5. The van der Waals surface area contributed by atoms with Crippen molar-refractivity contribution in [3.63, 3.8) is 0 Å². The molecule has 5 rings (SSSR count). The lowest BCUT2D eigenvalue weighted by molar-refractivity contribution is -0.128. The summed E-state index contributed by atoms with van der Waals surface area (Å²) in [7, 11) is 1.60. The first-order chi connectivity index (χ1) is 31.0. The molecule has 7 amide bonds. The Morgan fingerprint density at radius 3 is 2.22 bits per heavy atom. The summed E-state index contributed by atoms with van der Waals surface area (Å²) in [5, 5.41) is 15.3. The first-order valence-electron chi connectivity index (χ1n) is 21.4. The number of alkyl carbamates (subject to hydrolysis) is 1. The molecule has 1 aliphatic heterocycles. The van der Waals surface area contributed by atoms with Crippen LogP contribution in [-0.2, 0) is 30.5 Å². The maximum Gasteiger partial charge on any atom is 0.411 e. The average Bonchev–Trinajstić information content (AvgIpc) is 3.63. The van der Waals surface area contributed by atoms with E-state index in [-0.39, 0.29) is 37.3 Å². The maximum atomic E-state index is 13.8. The van der Waals surface area contributed by atoms with E-state index in [1.807, 2.05) is 54.6 Å². The SMILES string of the molecule is COc1ccc(/C=C/C(=O)N2CC(CCI)c3c2cc(NC(=O)OCc2ccc(NC(=O)[C@H](CCCNC(N)=O)NC(=O)[C@@H](NC(=O)OC(C)(C)C)C(C)C)cc2)c2ccccc32)cc1. The maximum absolute atomic E-state index is 13.8. The molecule has 3 atom stereocenters. The number of carbonyl (C=O) groups is 6. The highest BCUT2D eigenvalue weighted by atomic mass is 127. The summed E-state index contributed by atoms with van der Waals surface area (Å²) in [6, 6.07) is 20.9. The monoisotopic (exact) mass is 1000 g/mol. The summed E-state index contributed by atoms with van der Waals surface area (Å²) in [6.07, 6.45) is 3.20. The summed E-state index contributed by atoms with van der Waals surface area (Å²) < 4.78 is 17.1. The lowest BCUT2D eigenvalue weighted by atomic mass is 9.92. The predicted molar refractivity (Wildman–Crippen MR) is 260 cm³/mol. The fraction of sp³-hybridized carbons (Fsp3) is 0.375. The zero-order valence-corrected chi connectivity index (χ0v) is 39.7. The standard InChI is InChI=1S/C48H58IN7O9/c1-29(2)42(55-47(62)65-48(3,4)5)44(59)53-37(12-9-25-51-45(50)60)43(58)52-33-18-13-31(14-19-33)28-64-46(61)54-38-26-39-41(36-11-8-7-10-35(36)38)32(23-24-49)27-56(39)40(57)22-17-30-15-20-34(63-6)21-16-30/h7-8,10-11,13-22,26,29,32,37,42H,9,12,23-25,27-28H2,1-6H3,(H,52,58)(H,53,59)(H,54,61)(H,55,62)(H3,50,51,60)/b22-17+/t32?,37-,42-/m0/s1. The molecule has 16 nitrogen and oxygen atoms in total. The van der Waals surface area contributed by atoms with Gasteiger partial charge in [-0.15, -0.1) is 0 Å². The minimum Gasteiger partial charge on any atom is -0.497 e. The number of halogens is 1. The predicted octanol–water partition coefficient (Wildman–Crippen LogP) is 7.99. The Labute approximate surface area is 392 Å². The molecule has 1 aliphatic rings. The molecule has 7 N–H and O–H groups in total. The molecular weight excluding hydrogens is 945 g/mol. The minimum atomic E-state index is -1.04. The normalized spacial score (nSPS) is 14.3. The topological polar surface area (TPSA) is 220 Å². The quantitative estimate of drug-likeness (QED) is 0.0246. The van der Waals surface area contributed by atoms with Gasteiger partial charge in [-0.25, -0.2) is 14.4 Å². The number of hydrogen-bond acceptors (Lipinski definition) is 9. The summed E-state index contributed by atoms with van der Waals surface area (Å²) in [5.41, 5.74) is 8.61. The van der Waals surface area contributed by atoms with E-state index in [1.54, 1.807) is 83.0 Å². The number of ether oxygens (including phenoxy) is 3. The number of hydrogen-bond donors (Lipinski definition) is 6. The number of amides is 7. The van der Waals surface area contributed by atoms with Crippen LogP contribution in [0.5, 0.6) is 5.75 Å². The van der Waals surface area contributed by atoms with Crippen LogP contribution in [0.2, 0.25) is 0 Å². The second-order valence-electron chi connectivity index (χ2n) is 16.9. The van der Waals surface area contributed by atoms with Gasteiger partial charge in [-0.1, -0.05) is 85.0 Å². The molecule has 1 unspecified atom stereocenters. The molecule has 0 saturated carbocycles. The van der Waals surface area contributed by atoms with Crippen molar-refractivity contribution in [1.82, 2.24) is 16.0 Å². The van der Waals surface area contributed by atoms with E-state index in [4.69, 9.17) is 19.9 Å². The van der Waals surface area contributed by atoms with E-state index < -0.39 is 47.7 Å². The molecule has 4 aromatic rings. The number of nitrogens with zero attached hydrogens (tertiary/aromatic N) is 1. The van der Waals surface area contributed by atoms with Gasteiger partial charge in [0, 0.05) is 40.6 Å². The molecule has 346 valence electrons. The third kappa shape index (κ3) is 14.3. The number of urea groups is 1. The van der Waals surface area contributed by atoms with Crippen LogP contribution in [0.15, 0.2) is 84.9 Å². The van der Waals surface area contributed by atoms with Crippen LogP contribution in [0.3, 0.4) is 0 Å². The van der Waals surface area contributed by atoms with Crippen molar-refractivity contribution in [2.75, 3.05) is 40.2 Å². The lowest BCUT2D eigenvalue weighted by Crippen LogP contribution is -2.55. The Morgan fingerprint density at radius 1 is 0.892 bits per heavy atom. The van der Waals surface area contributed by atoms with Crippen molar-refractivity contribution in [1.29, 1.82) is 0 Å². The molecule has 0 spiro atoms. The number of benzene rings is 4. The Morgan fingerprint density at radius 2 is 1.58 bits per heavy atom. The van der Waals surface area contributed by atoms with Crippen molar-refractivity contribution in [3.05, 3.63) is 102 Å². The molecular formula is C48H58IN7O9. The molecule has 0 saturated heterocycles. The van der Waals surface area contributed by atoms with Gasteiger partial charge in [0.05, 0.1) is 18.5 Å². The van der Waals surface area contributed by atoms with Gasteiger partial charge < -0.3 is 46.1 Å². The van der Waals surface area contributed by atoms with E-state index in [2.05, 4.69) is 49.2 Å². The van der Waals surface area contributed by atoms with Gasteiger partial charge in [0.2, 0.25) is 11.8 Å². The van der Waals surface area contributed by atoms with Crippen molar-refractivity contribution in [3.8, 4) is 5.75 Å². The second kappa shape index (κ2) is 23.0. The molecule has 0 radical (unpaired) electrons. The zero-order chi connectivity index (χ0) is 47.3. The Bertz CT molecular complexity index is 2370. The van der Waals surface area contributed by atoms with Gasteiger partial charge in [0.15, 0.2) is 0 Å². The Kier molecular flexibility index (Phi) is 17.6. The number of carbonyl (C=O) groups excluding carboxylic acids is 6. The van der Waals surface area contributed by atoms with Crippen LogP contribution in [0.25, 0.3) is 16.8 Å². The van der Waals surface area contributed by atoms with Crippen LogP contribution in [-0.4, -0.2) is 78.3 Å². The molecule has 0 aliphatic carbocycles. The van der Waals surface area contributed by atoms with Gasteiger partial charge in [-0.2, -0.15) is 0 Å². The van der Waals surface area contributed by atoms with Gasteiger partial charge in [0.1, 0.15) is 30.0 Å². The number of fused-ring (bicyclic) bond motifs is 3. The third-order valence-corrected chi connectivity index (χ3v) is 11.1. The van der Waals surface area contributed by atoms with Crippen LogP contribution in [0.4, 0.5) is 31.4 Å². The highest BCUT2D eigenvalue weighted by Gasteiger charge is 2.34. The molecule has 0 fully saturated rings. The summed E-state index contributed by atoms with van der Waals surface area (Å²) in [4.78, 5) is 79.7. The number of alkyl halides is 1. The van der Waals surface area contributed by atoms with Crippen molar-refractivity contribution in [2.24, 2.45) is 11.7 Å². The van der Waals surface area contributed by atoms with Crippen LogP contribution >= 0.6 is 22.6 Å². The Balaban J connectivity index is 1.25. The molecule has 17 heteroatoms. The highest BCUT2D eigenvalue weighted by molar-refractivity contribution is 14.1. The van der Waals surface area contributed by atoms with E-state index in [1.165, 1.54) is 0 Å². The van der Waals surface area contributed by atoms with Gasteiger partial charge in [-0.05, 0) is 104 Å². The van der Waals surface area contributed by atoms with Gasteiger partial charge >= 0.3 is 18.2 Å². The number of anilines is 3. The summed E-state index contributed by atoms with van der Waals surface area (Å²) in [5.74, 6) is -0.799.